The summed E-state index contributed by atoms with van der Waals surface area (Å²) in [4.78, 5) is 2.24. The van der Waals surface area contributed by atoms with E-state index in [1.807, 2.05) is 0 Å². The largest absolute Gasteiger partial charge is 0.388 e. The minimum atomic E-state index is -1.85. The molecule has 1 saturated heterocycles. The smallest absolute Gasteiger partial charge is 0.149 e. The fourth-order valence-corrected chi connectivity index (χ4v) is 10.3. The van der Waals surface area contributed by atoms with Gasteiger partial charge in [-0.1, -0.05) is 6.92 Å². The van der Waals surface area contributed by atoms with Crippen LogP contribution in [0.15, 0.2) is 0 Å². The van der Waals surface area contributed by atoms with Gasteiger partial charge in [0.1, 0.15) is 16.8 Å². The Labute approximate surface area is 183 Å². The van der Waals surface area contributed by atoms with Gasteiger partial charge in [0.25, 0.3) is 0 Å². The van der Waals surface area contributed by atoms with Crippen LogP contribution in [-0.4, -0.2) is 107 Å². The molecule has 6 aliphatic rings. The molecule has 5 aliphatic carbocycles. The Kier molecular flexibility index (Phi) is 4.12. The molecule has 1 heterocycles. The van der Waals surface area contributed by atoms with Gasteiger partial charge in [0.2, 0.25) is 0 Å². The number of β-amino-alcohol motifs (C(OH)–C–C–N with tert-alkyl or cyclic N) is 1. The zero-order chi connectivity index (χ0) is 22.2. The van der Waals surface area contributed by atoms with E-state index in [1.54, 1.807) is 14.2 Å². The van der Waals surface area contributed by atoms with Crippen molar-refractivity contribution in [1.82, 2.24) is 4.90 Å². The summed E-state index contributed by atoms with van der Waals surface area (Å²) >= 11 is 0. The quantitative estimate of drug-likeness (QED) is 0.465. The van der Waals surface area contributed by atoms with Crippen LogP contribution >= 0.6 is 0 Å². The van der Waals surface area contributed by atoms with Crippen LogP contribution in [0.5, 0.6) is 0 Å². The van der Waals surface area contributed by atoms with Crippen molar-refractivity contribution in [2.45, 2.75) is 85.8 Å². The van der Waals surface area contributed by atoms with E-state index in [0.29, 0.717) is 32.4 Å². The second-order valence-electron chi connectivity index (χ2n) is 11.3. The minimum absolute atomic E-state index is 0.185. The molecular formula is C23H37NO7. The lowest BCUT2D eigenvalue weighted by atomic mass is 9.42. The van der Waals surface area contributed by atoms with Crippen molar-refractivity contribution in [2.75, 3.05) is 34.4 Å². The van der Waals surface area contributed by atoms with E-state index in [9.17, 15) is 20.4 Å². The molecular weight excluding hydrogens is 402 g/mol. The average Bonchev–Trinajstić information content (AvgIpc) is 3.15. The Balaban J connectivity index is 1.68. The first-order valence-electron chi connectivity index (χ1n) is 11.9. The van der Waals surface area contributed by atoms with Crippen LogP contribution in [0, 0.1) is 23.2 Å². The first-order valence-corrected chi connectivity index (χ1v) is 11.9. The zero-order valence-electron chi connectivity index (χ0n) is 19.0. The van der Waals surface area contributed by atoms with E-state index in [2.05, 4.69) is 11.8 Å². The summed E-state index contributed by atoms with van der Waals surface area (Å²) in [5.74, 6) is -0.818. The number of hydrogen-bond acceptors (Lipinski definition) is 8. The van der Waals surface area contributed by atoms with Gasteiger partial charge in [0.05, 0.1) is 23.9 Å². The van der Waals surface area contributed by atoms with E-state index >= 15 is 0 Å². The molecule has 31 heavy (non-hydrogen) atoms. The number of rotatable bonds is 4. The number of methoxy groups -OCH3 is 3. The van der Waals surface area contributed by atoms with Crippen molar-refractivity contribution in [2.24, 2.45) is 23.2 Å². The third-order valence-corrected chi connectivity index (χ3v) is 11.0. The standard InChI is InChI=1S/C23H37NO7/c1-5-24-11-19(25)7-6-16(30-3)22-15(19)8-13(17(22)24)20(26)10-14(29-2)12-9-21(22,27)23(20,28)18(12)31-4/h12-18,25-28H,5-11H2,1-4H3/t12-,13+,14+,15-,16+,17-,18+,19-,20+,21-,22+,23+/m1/s1. The van der Waals surface area contributed by atoms with Gasteiger partial charge in [-0.25, -0.2) is 0 Å². The lowest BCUT2D eigenvalue weighted by molar-refractivity contribution is -0.385. The molecule has 1 aliphatic heterocycles. The van der Waals surface area contributed by atoms with Crippen LogP contribution in [0.3, 0.4) is 0 Å². The van der Waals surface area contributed by atoms with Gasteiger partial charge >= 0.3 is 0 Å². The number of aliphatic hydroxyl groups is 4. The Hall–Kier alpha value is -0.320. The maximum absolute atomic E-state index is 12.8. The number of hydrogen-bond donors (Lipinski definition) is 4. The van der Waals surface area contributed by atoms with Gasteiger partial charge in [0, 0.05) is 63.5 Å². The fourth-order valence-electron chi connectivity index (χ4n) is 10.3. The molecule has 8 heteroatoms. The predicted molar refractivity (Wildman–Crippen MR) is 109 cm³/mol. The highest BCUT2D eigenvalue weighted by Crippen LogP contribution is 2.80. The van der Waals surface area contributed by atoms with Crippen LogP contribution in [0.1, 0.15) is 39.0 Å². The van der Waals surface area contributed by atoms with Gasteiger partial charge in [-0.2, -0.15) is 0 Å². The normalized spacial score (nSPS) is 64.1. The molecule has 8 nitrogen and oxygen atoms in total. The summed E-state index contributed by atoms with van der Waals surface area (Å²) in [6, 6.07) is -0.185. The van der Waals surface area contributed by atoms with Crippen LogP contribution in [0.4, 0.5) is 0 Å². The molecule has 0 aromatic heterocycles. The van der Waals surface area contributed by atoms with Crippen LogP contribution < -0.4 is 0 Å². The molecule has 0 aromatic rings. The first kappa shape index (κ1) is 21.2. The van der Waals surface area contributed by atoms with E-state index in [0.717, 1.165) is 0 Å². The molecule has 12 atom stereocenters. The summed E-state index contributed by atoms with van der Waals surface area (Å²) in [5, 5.41) is 49.6. The zero-order valence-corrected chi connectivity index (χ0v) is 19.0. The van der Waals surface area contributed by atoms with E-state index in [-0.39, 0.29) is 48.8 Å². The Bertz CT molecular complexity index is 798. The summed E-state index contributed by atoms with van der Waals surface area (Å²) in [6.45, 7) is 3.29. The number of fused-ring (bicyclic) bond motifs is 2. The van der Waals surface area contributed by atoms with Crippen LogP contribution in [-0.2, 0) is 14.2 Å². The summed E-state index contributed by atoms with van der Waals surface area (Å²) < 4.78 is 17.7. The van der Waals surface area contributed by atoms with Gasteiger partial charge in [-0.15, -0.1) is 0 Å². The Morgan fingerprint density at radius 3 is 2.35 bits per heavy atom. The number of nitrogens with zero attached hydrogens (tertiary/aromatic N) is 1. The second-order valence-corrected chi connectivity index (χ2v) is 11.3. The van der Waals surface area contributed by atoms with Gasteiger partial charge < -0.3 is 34.6 Å². The molecule has 4 N–H and O–H groups in total. The molecule has 0 aromatic carbocycles. The number of ether oxygens (including phenoxy) is 3. The third kappa shape index (κ3) is 1.82. The van der Waals surface area contributed by atoms with Gasteiger partial charge in [-0.05, 0) is 32.2 Å². The monoisotopic (exact) mass is 439 g/mol. The SMILES string of the molecule is CCN1C[C@]2(O)CC[C@H](OC)[C@@]34[C@@H]2C[C@@H]([C@@H]13)[C@@]1(O)C[C@H](OC)[C@H]2C[C@]4(O)[C@]1(O)[C@H]2OC. The molecule has 0 unspecified atom stereocenters. The van der Waals surface area contributed by atoms with Crippen molar-refractivity contribution >= 4 is 0 Å². The van der Waals surface area contributed by atoms with Crippen molar-refractivity contribution in [1.29, 1.82) is 0 Å². The molecule has 7 bridgehead atoms. The molecule has 1 spiro atoms. The highest BCUT2D eigenvalue weighted by Gasteiger charge is 2.93. The Morgan fingerprint density at radius 2 is 1.74 bits per heavy atom. The van der Waals surface area contributed by atoms with Crippen molar-refractivity contribution in [3.63, 3.8) is 0 Å². The van der Waals surface area contributed by atoms with Crippen LogP contribution in [0.25, 0.3) is 0 Å². The topological polar surface area (TPSA) is 112 Å². The molecule has 5 saturated carbocycles. The minimum Gasteiger partial charge on any atom is -0.388 e. The van der Waals surface area contributed by atoms with Crippen molar-refractivity contribution < 1.29 is 34.6 Å². The van der Waals surface area contributed by atoms with Gasteiger partial charge in [0.15, 0.2) is 0 Å². The Morgan fingerprint density at radius 1 is 1.00 bits per heavy atom. The number of likely N-dealkylation sites (N-methyl/N-ethyl adjacent to an activating group) is 1. The molecule has 6 fully saturated rings. The second kappa shape index (κ2) is 6.02. The molecule has 176 valence electrons. The highest BCUT2D eigenvalue weighted by atomic mass is 16.5. The van der Waals surface area contributed by atoms with Gasteiger partial charge in [-0.3, -0.25) is 4.90 Å². The predicted octanol–water partition coefficient (Wildman–Crippen LogP) is -0.487. The van der Waals surface area contributed by atoms with E-state index < -0.39 is 33.9 Å². The highest BCUT2D eigenvalue weighted by molar-refractivity contribution is 5.44. The summed E-state index contributed by atoms with van der Waals surface area (Å²) in [7, 11) is 4.84. The lowest BCUT2D eigenvalue weighted by Gasteiger charge is -2.72. The maximum Gasteiger partial charge on any atom is 0.149 e. The fraction of sp³-hybridized carbons (Fsp3) is 1.00. The van der Waals surface area contributed by atoms with Crippen LogP contribution in [0.2, 0.25) is 0 Å². The van der Waals surface area contributed by atoms with Crippen molar-refractivity contribution in [3.8, 4) is 0 Å². The number of likely N-dealkylation sites (tertiary alicyclic amines) is 1. The third-order valence-electron chi connectivity index (χ3n) is 11.0. The molecule has 0 radical (unpaired) electrons. The summed E-state index contributed by atoms with van der Waals surface area (Å²) in [5.41, 5.74) is -6.96. The van der Waals surface area contributed by atoms with E-state index in [4.69, 9.17) is 14.2 Å². The molecule has 6 rings (SSSR count). The van der Waals surface area contributed by atoms with E-state index in [1.165, 1.54) is 7.11 Å². The van der Waals surface area contributed by atoms with Crippen molar-refractivity contribution in [3.05, 3.63) is 0 Å². The molecule has 0 amide bonds. The summed E-state index contributed by atoms with van der Waals surface area (Å²) in [6.07, 6.45) is 0.895. The maximum atomic E-state index is 12.8. The lowest BCUT2D eigenvalue weighted by Crippen LogP contribution is -2.89. The number of piperidine rings is 1. The average molecular weight is 440 g/mol. The first-order chi connectivity index (χ1) is 14.6.